The molecule has 0 radical (unpaired) electrons. The Morgan fingerprint density at radius 2 is 2.04 bits per heavy atom. The second-order valence-electron chi connectivity index (χ2n) is 6.30. The molecule has 0 spiro atoms. The first-order valence-electron chi connectivity index (χ1n) is 9.41. The topological polar surface area (TPSA) is 83.6 Å². The summed E-state index contributed by atoms with van der Waals surface area (Å²) in [6.07, 6.45) is 1.64. The summed E-state index contributed by atoms with van der Waals surface area (Å²) in [7, 11) is 3.44. The maximum Gasteiger partial charge on any atom is 0.195 e. The van der Waals surface area contributed by atoms with Crippen LogP contribution in [0.25, 0.3) is 11.0 Å². The molecule has 7 nitrogen and oxygen atoms in total. The summed E-state index contributed by atoms with van der Waals surface area (Å²) in [5.41, 5.74) is 2.96. The third kappa shape index (κ3) is 5.72. The van der Waals surface area contributed by atoms with Crippen LogP contribution in [-0.4, -0.2) is 49.8 Å². The van der Waals surface area contributed by atoms with Crippen molar-refractivity contribution in [2.45, 2.75) is 12.8 Å². The van der Waals surface area contributed by atoms with Crippen LogP contribution in [-0.2, 0) is 11.2 Å². The summed E-state index contributed by atoms with van der Waals surface area (Å²) in [5, 5.41) is 6.60. The van der Waals surface area contributed by atoms with Crippen LogP contribution in [0, 0.1) is 0 Å². The van der Waals surface area contributed by atoms with Crippen molar-refractivity contribution in [1.82, 2.24) is 15.3 Å². The Morgan fingerprint density at radius 1 is 1.14 bits per heavy atom. The molecule has 0 atom stereocenters. The number of guanidine groups is 1. The summed E-state index contributed by atoms with van der Waals surface area (Å²) < 4.78 is 10.8. The molecule has 1 heterocycles. The number of para-hydroxylation sites is 2. The van der Waals surface area contributed by atoms with Crippen molar-refractivity contribution in [3.63, 3.8) is 0 Å². The van der Waals surface area contributed by atoms with Crippen molar-refractivity contribution >= 4 is 22.7 Å². The van der Waals surface area contributed by atoms with Crippen LogP contribution in [0.1, 0.15) is 12.2 Å². The minimum absolute atomic E-state index is 0.627. The molecule has 0 saturated heterocycles. The molecule has 0 bridgehead atoms. The second kappa shape index (κ2) is 10.3. The summed E-state index contributed by atoms with van der Waals surface area (Å²) in [5.74, 6) is 2.47. The summed E-state index contributed by atoms with van der Waals surface area (Å²) >= 11 is 0. The Morgan fingerprint density at radius 3 is 2.86 bits per heavy atom. The molecular formula is C21H27N5O2. The van der Waals surface area contributed by atoms with E-state index in [1.54, 1.807) is 14.2 Å². The maximum absolute atomic E-state index is 5.74. The zero-order chi connectivity index (χ0) is 19.6. The van der Waals surface area contributed by atoms with Gasteiger partial charge in [0.1, 0.15) is 11.6 Å². The molecule has 0 aliphatic rings. The first-order valence-corrected chi connectivity index (χ1v) is 9.41. The molecule has 0 aliphatic carbocycles. The van der Waals surface area contributed by atoms with E-state index in [0.29, 0.717) is 25.7 Å². The van der Waals surface area contributed by atoms with E-state index in [-0.39, 0.29) is 0 Å². The van der Waals surface area contributed by atoms with Crippen LogP contribution in [0.2, 0.25) is 0 Å². The standard InChI is InChI=1S/C21H27N5O2/c1-22-21(23-12-11-20-25-18-9-3-4-10-19(18)26-20)24-16-7-5-8-17(15-16)28-14-6-13-27-2/h3-5,7-10,15H,6,11-14H2,1-2H3,(H,25,26)(H2,22,23,24). The fraction of sp³-hybridized carbons (Fsp3) is 0.333. The highest BCUT2D eigenvalue weighted by Gasteiger charge is 2.04. The van der Waals surface area contributed by atoms with Crippen LogP contribution < -0.4 is 15.4 Å². The zero-order valence-corrected chi connectivity index (χ0v) is 16.4. The van der Waals surface area contributed by atoms with Crippen molar-refractivity contribution in [2.24, 2.45) is 4.99 Å². The lowest BCUT2D eigenvalue weighted by Gasteiger charge is -2.13. The van der Waals surface area contributed by atoms with E-state index in [4.69, 9.17) is 9.47 Å². The Hall–Kier alpha value is -3.06. The zero-order valence-electron chi connectivity index (χ0n) is 16.4. The minimum Gasteiger partial charge on any atom is -0.493 e. The lowest BCUT2D eigenvalue weighted by Crippen LogP contribution is -2.32. The van der Waals surface area contributed by atoms with Gasteiger partial charge in [-0.1, -0.05) is 18.2 Å². The summed E-state index contributed by atoms with van der Waals surface area (Å²) in [6, 6.07) is 15.9. The minimum atomic E-state index is 0.627. The van der Waals surface area contributed by atoms with Gasteiger partial charge in [-0.3, -0.25) is 4.99 Å². The lowest BCUT2D eigenvalue weighted by molar-refractivity contribution is 0.172. The van der Waals surface area contributed by atoms with Crippen LogP contribution in [0.3, 0.4) is 0 Å². The number of fused-ring (bicyclic) bond motifs is 1. The van der Waals surface area contributed by atoms with Crippen molar-refractivity contribution in [3.05, 3.63) is 54.4 Å². The number of aromatic amines is 1. The predicted octanol–water partition coefficient (Wildman–Crippen LogP) is 3.21. The van der Waals surface area contributed by atoms with Crippen LogP contribution in [0.5, 0.6) is 5.75 Å². The average molecular weight is 381 g/mol. The molecule has 3 N–H and O–H groups in total. The number of ether oxygens (including phenoxy) is 2. The van der Waals surface area contributed by atoms with Gasteiger partial charge in [-0.05, 0) is 24.3 Å². The van der Waals surface area contributed by atoms with Crippen molar-refractivity contribution in [3.8, 4) is 5.75 Å². The molecule has 0 unspecified atom stereocenters. The Kier molecular flexibility index (Phi) is 7.26. The lowest BCUT2D eigenvalue weighted by atomic mass is 10.3. The smallest absolute Gasteiger partial charge is 0.195 e. The Bertz CT molecular complexity index is 873. The van der Waals surface area contributed by atoms with Gasteiger partial charge in [-0.2, -0.15) is 0 Å². The number of nitrogens with zero attached hydrogens (tertiary/aromatic N) is 2. The van der Waals surface area contributed by atoms with E-state index in [2.05, 4.69) is 25.6 Å². The third-order valence-corrected chi connectivity index (χ3v) is 4.17. The average Bonchev–Trinajstić information content (AvgIpc) is 3.13. The number of nitrogens with one attached hydrogen (secondary N) is 3. The highest BCUT2D eigenvalue weighted by Crippen LogP contribution is 2.17. The number of imidazole rings is 1. The first-order chi connectivity index (χ1) is 13.8. The Balaban J connectivity index is 1.48. The quantitative estimate of drug-likeness (QED) is 0.301. The van der Waals surface area contributed by atoms with Crippen LogP contribution in [0.15, 0.2) is 53.5 Å². The predicted molar refractivity (Wildman–Crippen MR) is 113 cm³/mol. The van der Waals surface area contributed by atoms with Crippen molar-refractivity contribution in [1.29, 1.82) is 0 Å². The highest BCUT2D eigenvalue weighted by atomic mass is 16.5. The fourth-order valence-corrected chi connectivity index (χ4v) is 2.80. The molecule has 148 valence electrons. The fourth-order valence-electron chi connectivity index (χ4n) is 2.80. The van der Waals surface area contributed by atoms with E-state index in [1.807, 2.05) is 48.5 Å². The van der Waals surface area contributed by atoms with E-state index >= 15 is 0 Å². The SMILES string of the molecule is CN=C(NCCc1nc2ccccc2[nH]1)Nc1cccc(OCCCOC)c1. The number of H-pyrrole nitrogens is 1. The van der Waals surface area contributed by atoms with Gasteiger partial charge in [0.2, 0.25) is 0 Å². The highest BCUT2D eigenvalue weighted by molar-refractivity contribution is 5.93. The molecule has 7 heteroatoms. The number of anilines is 1. The summed E-state index contributed by atoms with van der Waals surface area (Å²) in [4.78, 5) is 12.2. The van der Waals surface area contributed by atoms with Gasteiger partial charge in [-0.25, -0.2) is 4.98 Å². The molecule has 3 rings (SSSR count). The Labute approximate surface area is 165 Å². The molecule has 0 amide bonds. The van der Waals surface area contributed by atoms with E-state index in [0.717, 1.165) is 41.1 Å². The molecular weight excluding hydrogens is 354 g/mol. The third-order valence-electron chi connectivity index (χ3n) is 4.17. The number of aromatic nitrogens is 2. The van der Waals surface area contributed by atoms with Crippen molar-refractivity contribution in [2.75, 3.05) is 39.2 Å². The molecule has 2 aromatic carbocycles. The number of rotatable bonds is 9. The molecule has 3 aromatic rings. The molecule has 1 aromatic heterocycles. The summed E-state index contributed by atoms with van der Waals surface area (Å²) in [6.45, 7) is 2.04. The van der Waals surface area contributed by atoms with E-state index in [9.17, 15) is 0 Å². The molecule has 28 heavy (non-hydrogen) atoms. The number of aliphatic imine (C=N–C) groups is 1. The molecule has 0 aliphatic heterocycles. The van der Waals surface area contributed by atoms with Crippen LogP contribution in [0.4, 0.5) is 5.69 Å². The number of benzene rings is 2. The van der Waals surface area contributed by atoms with Crippen molar-refractivity contribution < 1.29 is 9.47 Å². The molecule has 0 fully saturated rings. The van der Waals surface area contributed by atoms with Gasteiger partial charge >= 0.3 is 0 Å². The van der Waals surface area contributed by atoms with Crippen LogP contribution >= 0.6 is 0 Å². The van der Waals surface area contributed by atoms with E-state index in [1.165, 1.54) is 0 Å². The van der Waals surface area contributed by atoms with Gasteiger partial charge in [0.05, 0.1) is 17.6 Å². The van der Waals surface area contributed by atoms with Gasteiger partial charge in [0.15, 0.2) is 5.96 Å². The molecule has 0 saturated carbocycles. The van der Waals surface area contributed by atoms with Gasteiger partial charge in [-0.15, -0.1) is 0 Å². The van der Waals surface area contributed by atoms with Gasteiger partial charge < -0.3 is 25.1 Å². The van der Waals surface area contributed by atoms with Gasteiger partial charge in [0.25, 0.3) is 0 Å². The largest absolute Gasteiger partial charge is 0.493 e. The number of hydrogen-bond donors (Lipinski definition) is 3. The second-order valence-corrected chi connectivity index (χ2v) is 6.30. The van der Waals surface area contributed by atoms with Gasteiger partial charge in [0, 0.05) is 51.9 Å². The first kappa shape index (κ1) is 19.7. The number of methoxy groups -OCH3 is 1. The maximum atomic E-state index is 5.74. The van der Waals surface area contributed by atoms with E-state index < -0.39 is 0 Å². The monoisotopic (exact) mass is 381 g/mol. The number of hydrogen-bond acceptors (Lipinski definition) is 4. The normalized spacial score (nSPS) is 11.6.